The number of amides is 2. The first-order chi connectivity index (χ1) is 9.56. The fraction of sp³-hybridized carbons (Fsp3) is 0.214. The van der Waals surface area contributed by atoms with Crippen molar-refractivity contribution in [2.75, 3.05) is 12.4 Å². The van der Waals surface area contributed by atoms with Gasteiger partial charge in [-0.3, -0.25) is 0 Å². The summed E-state index contributed by atoms with van der Waals surface area (Å²) >= 11 is 9.83. The summed E-state index contributed by atoms with van der Waals surface area (Å²) in [5, 5.41) is 2.54. The summed E-state index contributed by atoms with van der Waals surface area (Å²) in [4.78, 5) is 13.2. The zero-order chi connectivity index (χ0) is 14.3. The van der Waals surface area contributed by atoms with Gasteiger partial charge in [0.2, 0.25) is 0 Å². The Labute approximate surface area is 129 Å². The van der Waals surface area contributed by atoms with Gasteiger partial charge in [-0.15, -0.1) is 11.6 Å². The highest BCUT2D eigenvalue weighted by Gasteiger charge is 2.22. The molecule has 3 rings (SSSR count). The average Bonchev–Trinajstić information content (AvgIpc) is 2.85. The Hall–Kier alpha value is -1.46. The van der Waals surface area contributed by atoms with Crippen LogP contribution in [0.2, 0.25) is 0 Å². The van der Waals surface area contributed by atoms with Gasteiger partial charge in [-0.1, -0.05) is 12.1 Å². The maximum Gasteiger partial charge on any atom is 0.321 e. The molecule has 1 atom stereocenters. The van der Waals surface area contributed by atoms with Gasteiger partial charge in [0.1, 0.15) is 0 Å². The maximum atomic E-state index is 11.6. The predicted molar refractivity (Wildman–Crippen MR) is 81.0 cm³/mol. The summed E-state index contributed by atoms with van der Waals surface area (Å²) < 4.78 is 5.86. The second-order valence-electron chi connectivity index (χ2n) is 4.72. The first-order valence-corrected chi connectivity index (χ1v) is 7.31. The second-order valence-corrected chi connectivity index (χ2v) is 5.87. The summed E-state index contributed by atoms with van der Waals surface area (Å²) in [6.07, 6.45) is 1.60. The fourth-order valence-corrected chi connectivity index (χ4v) is 3.13. The van der Waals surface area contributed by atoms with Gasteiger partial charge in [-0.25, -0.2) is 4.79 Å². The zero-order valence-corrected chi connectivity index (χ0v) is 13.0. The smallest absolute Gasteiger partial charge is 0.321 e. The molecule has 0 aliphatic carbocycles. The van der Waals surface area contributed by atoms with Crippen LogP contribution in [-0.4, -0.2) is 18.0 Å². The highest BCUT2D eigenvalue weighted by atomic mass is 79.9. The number of hydrogen-bond donors (Lipinski definition) is 1. The van der Waals surface area contributed by atoms with E-state index < -0.39 is 0 Å². The molecule has 1 N–H and O–H groups in total. The minimum Gasteiger partial charge on any atom is -0.457 e. The number of benzene rings is 1. The van der Waals surface area contributed by atoms with Crippen LogP contribution in [0.25, 0.3) is 0 Å². The van der Waals surface area contributed by atoms with Crippen molar-refractivity contribution in [3.8, 4) is 0 Å². The van der Waals surface area contributed by atoms with Gasteiger partial charge in [0.05, 0.1) is 11.6 Å². The second kappa shape index (κ2) is 5.14. The third-order valence-corrected chi connectivity index (χ3v) is 4.47. The highest BCUT2D eigenvalue weighted by Crippen LogP contribution is 2.36. The Bertz CT molecular complexity index is 671. The average molecular weight is 356 g/mol. The number of halogens is 2. The van der Waals surface area contributed by atoms with Crippen molar-refractivity contribution in [1.82, 2.24) is 4.90 Å². The lowest BCUT2D eigenvalue weighted by Crippen LogP contribution is -2.35. The standard InChI is InChI=1S/C14H12BrClN2O2/c1-18-7-9-6-8(2-3-11(9)17-14(18)19)12(16)10-4-5-20-13(10)15/h2-6,12H,7H2,1H3,(H,17,19). The highest BCUT2D eigenvalue weighted by molar-refractivity contribution is 9.10. The van der Waals surface area contributed by atoms with Crippen molar-refractivity contribution < 1.29 is 9.21 Å². The molecule has 1 aliphatic rings. The molecule has 4 nitrogen and oxygen atoms in total. The molecule has 0 saturated carbocycles. The van der Waals surface area contributed by atoms with Crippen LogP contribution >= 0.6 is 27.5 Å². The zero-order valence-electron chi connectivity index (χ0n) is 10.7. The number of alkyl halides is 1. The molecule has 1 aromatic carbocycles. The van der Waals surface area contributed by atoms with Crippen molar-refractivity contribution in [3.63, 3.8) is 0 Å². The van der Waals surface area contributed by atoms with E-state index in [1.165, 1.54) is 0 Å². The van der Waals surface area contributed by atoms with Crippen LogP contribution in [0.5, 0.6) is 0 Å². The Morgan fingerprint density at radius 3 is 2.95 bits per heavy atom. The molecule has 0 spiro atoms. The lowest BCUT2D eigenvalue weighted by atomic mass is 10.0. The van der Waals surface area contributed by atoms with E-state index in [1.807, 2.05) is 24.3 Å². The van der Waals surface area contributed by atoms with Gasteiger partial charge in [0.15, 0.2) is 4.67 Å². The molecular formula is C14H12BrClN2O2. The van der Waals surface area contributed by atoms with Crippen LogP contribution in [0.3, 0.4) is 0 Å². The van der Waals surface area contributed by atoms with E-state index in [-0.39, 0.29) is 11.4 Å². The molecule has 2 amide bonds. The van der Waals surface area contributed by atoms with E-state index >= 15 is 0 Å². The number of furan rings is 1. The number of fused-ring (bicyclic) bond motifs is 1. The van der Waals surface area contributed by atoms with E-state index in [1.54, 1.807) is 18.2 Å². The van der Waals surface area contributed by atoms with Crippen LogP contribution in [-0.2, 0) is 6.54 Å². The van der Waals surface area contributed by atoms with Crippen LogP contribution in [0.1, 0.15) is 22.1 Å². The molecule has 1 aliphatic heterocycles. The first kappa shape index (κ1) is 13.5. The number of urea groups is 1. The number of nitrogens with zero attached hydrogens (tertiary/aromatic N) is 1. The summed E-state index contributed by atoms with van der Waals surface area (Å²) in [5.74, 6) is 0. The first-order valence-electron chi connectivity index (χ1n) is 6.08. The van der Waals surface area contributed by atoms with Crippen LogP contribution in [0.4, 0.5) is 10.5 Å². The third-order valence-electron chi connectivity index (χ3n) is 3.34. The van der Waals surface area contributed by atoms with Gasteiger partial charge >= 0.3 is 6.03 Å². The largest absolute Gasteiger partial charge is 0.457 e. The molecule has 1 unspecified atom stereocenters. The van der Waals surface area contributed by atoms with E-state index in [9.17, 15) is 4.79 Å². The van der Waals surface area contributed by atoms with Crippen LogP contribution in [0.15, 0.2) is 39.6 Å². The topological polar surface area (TPSA) is 45.5 Å². The van der Waals surface area contributed by atoms with E-state index in [4.69, 9.17) is 16.0 Å². The van der Waals surface area contributed by atoms with E-state index in [0.29, 0.717) is 11.2 Å². The Balaban J connectivity index is 1.95. The molecule has 20 heavy (non-hydrogen) atoms. The van der Waals surface area contributed by atoms with Crippen molar-refractivity contribution in [2.24, 2.45) is 0 Å². The Kier molecular flexibility index (Phi) is 3.48. The monoisotopic (exact) mass is 354 g/mol. The summed E-state index contributed by atoms with van der Waals surface area (Å²) in [5.41, 5.74) is 3.75. The summed E-state index contributed by atoms with van der Waals surface area (Å²) in [6.45, 7) is 0.575. The molecule has 2 aromatic rings. The normalized spacial score (nSPS) is 15.8. The van der Waals surface area contributed by atoms with Gasteiger partial charge in [0, 0.05) is 24.8 Å². The summed E-state index contributed by atoms with van der Waals surface area (Å²) in [7, 11) is 1.76. The molecule has 1 aromatic heterocycles. The molecular weight excluding hydrogens is 344 g/mol. The van der Waals surface area contributed by atoms with Gasteiger partial charge in [0.25, 0.3) is 0 Å². The summed E-state index contributed by atoms with van der Waals surface area (Å²) in [6, 6.07) is 7.57. The number of hydrogen-bond acceptors (Lipinski definition) is 2. The van der Waals surface area contributed by atoms with Gasteiger partial charge in [-0.2, -0.15) is 0 Å². The van der Waals surface area contributed by atoms with E-state index in [0.717, 1.165) is 22.4 Å². The quantitative estimate of drug-likeness (QED) is 0.814. The SMILES string of the molecule is CN1Cc2cc(C(Cl)c3ccoc3Br)ccc2NC1=O. The predicted octanol–water partition coefficient (Wildman–Crippen LogP) is 4.35. The van der Waals surface area contributed by atoms with Crippen molar-refractivity contribution in [1.29, 1.82) is 0 Å². The lowest BCUT2D eigenvalue weighted by molar-refractivity contribution is 0.218. The number of carbonyl (C=O) groups is 1. The third kappa shape index (κ3) is 2.31. The number of rotatable bonds is 2. The number of nitrogens with one attached hydrogen (secondary N) is 1. The minimum absolute atomic E-state index is 0.0924. The lowest BCUT2D eigenvalue weighted by Gasteiger charge is -2.26. The molecule has 6 heteroatoms. The molecule has 0 saturated heterocycles. The molecule has 2 heterocycles. The Morgan fingerprint density at radius 2 is 2.25 bits per heavy atom. The fourth-order valence-electron chi connectivity index (χ4n) is 2.23. The van der Waals surface area contributed by atoms with Crippen LogP contribution in [0, 0.1) is 0 Å². The maximum absolute atomic E-state index is 11.6. The van der Waals surface area contributed by atoms with Gasteiger partial charge < -0.3 is 14.6 Å². The molecule has 0 bridgehead atoms. The van der Waals surface area contributed by atoms with Crippen molar-refractivity contribution in [3.05, 3.63) is 51.9 Å². The van der Waals surface area contributed by atoms with Crippen molar-refractivity contribution >= 4 is 39.2 Å². The van der Waals surface area contributed by atoms with Gasteiger partial charge in [-0.05, 0) is 39.2 Å². The Morgan fingerprint density at radius 1 is 1.45 bits per heavy atom. The minimum atomic E-state index is -0.295. The number of anilines is 1. The van der Waals surface area contributed by atoms with E-state index in [2.05, 4.69) is 21.2 Å². The molecule has 104 valence electrons. The van der Waals surface area contributed by atoms with Crippen LogP contribution < -0.4 is 5.32 Å². The molecule has 0 radical (unpaired) electrons. The number of carbonyl (C=O) groups excluding carboxylic acids is 1. The van der Waals surface area contributed by atoms with Crippen molar-refractivity contribution in [2.45, 2.75) is 11.9 Å². The molecule has 0 fully saturated rings.